The van der Waals surface area contributed by atoms with E-state index in [2.05, 4.69) is 37.5 Å². The molecular formula is C23H35F4N3O4S. The van der Waals surface area contributed by atoms with Crippen molar-refractivity contribution in [2.75, 3.05) is 24.3 Å². The van der Waals surface area contributed by atoms with Gasteiger partial charge in [-0.1, -0.05) is 13.8 Å². The Kier molecular flexibility index (Phi) is 15.3. The van der Waals surface area contributed by atoms with Crippen LogP contribution in [0.25, 0.3) is 0 Å². The van der Waals surface area contributed by atoms with E-state index in [9.17, 15) is 27.2 Å². The molecule has 7 nitrogen and oxygen atoms in total. The van der Waals surface area contributed by atoms with Gasteiger partial charge in [0, 0.05) is 41.4 Å². The van der Waals surface area contributed by atoms with Crippen LogP contribution >= 0.6 is 12.6 Å². The van der Waals surface area contributed by atoms with E-state index in [1.165, 1.54) is 10.6 Å². The Morgan fingerprint density at radius 3 is 2.46 bits per heavy atom. The molecule has 1 atom stereocenters. The fourth-order valence-electron chi connectivity index (χ4n) is 2.56. The third-order valence-corrected chi connectivity index (χ3v) is 4.83. The second kappa shape index (κ2) is 16.7. The number of thiol groups is 1. The number of hydrogen-bond donors (Lipinski definition) is 3. The first-order valence-electron chi connectivity index (χ1n) is 10.6. The van der Waals surface area contributed by atoms with Gasteiger partial charge in [0.25, 0.3) is 5.91 Å². The van der Waals surface area contributed by atoms with E-state index in [4.69, 9.17) is 9.53 Å². The smallest absolute Gasteiger partial charge is 0.381 e. The number of carbonyl (C=O) groups excluding carboxylic acids is 3. The highest BCUT2D eigenvalue weighted by atomic mass is 32.1. The summed E-state index contributed by atoms with van der Waals surface area (Å²) >= 11 is 4.14. The lowest BCUT2D eigenvalue weighted by Crippen LogP contribution is -2.16. The molecular weight excluding hydrogens is 490 g/mol. The van der Waals surface area contributed by atoms with Gasteiger partial charge in [-0.25, -0.2) is 4.39 Å². The number of carbonyl (C=O) groups is 3. The summed E-state index contributed by atoms with van der Waals surface area (Å²) in [6.45, 7) is 6.00. The average molecular weight is 526 g/mol. The Morgan fingerprint density at radius 1 is 1.31 bits per heavy atom. The molecule has 1 heterocycles. The first-order chi connectivity index (χ1) is 16.4. The maximum absolute atomic E-state index is 13.2. The van der Waals surface area contributed by atoms with Crippen molar-refractivity contribution in [2.24, 2.45) is 18.7 Å². The summed E-state index contributed by atoms with van der Waals surface area (Å²) in [5, 5.41) is 2.28. The number of benzene rings is 1. The summed E-state index contributed by atoms with van der Waals surface area (Å²) in [6, 6.07) is 3.67. The summed E-state index contributed by atoms with van der Waals surface area (Å²) in [6.07, 6.45) is -1.14. The Balaban J connectivity index is -0.000000700. The molecule has 0 saturated carbocycles. The van der Waals surface area contributed by atoms with Crippen LogP contribution in [0.1, 0.15) is 44.7 Å². The van der Waals surface area contributed by atoms with Crippen LogP contribution < -0.4 is 11.1 Å². The molecule has 12 heteroatoms. The van der Waals surface area contributed by atoms with Gasteiger partial charge in [0.05, 0.1) is 5.56 Å². The Hall–Kier alpha value is -2.86. The second-order valence-corrected chi connectivity index (χ2v) is 7.73. The molecule has 0 spiro atoms. The number of nitrogens with one attached hydrogen (secondary N) is 1. The molecule has 1 aromatic heterocycles. The number of amides is 2. The van der Waals surface area contributed by atoms with Crippen molar-refractivity contribution >= 4 is 36.9 Å². The van der Waals surface area contributed by atoms with Crippen LogP contribution in [0.4, 0.5) is 23.2 Å². The number of ether oxygens (including phenoxy) is 1. The zero-order chi connectivity index (χ0) is 27.0. The quantitative estimate of drug-likeness (QED) is 0.190. The zero-order valence-corrected chi connectivity index (χ0v) is 20.7. The van der Waals surface area contributed by atoms with E-state index in [0.29, 0.717) is 29.9 Å². The predicted octanol–water partition coefficient (Wildman–Crippen LogP) is 4.75. The van der Waals surface area contributed by atoms with Gasteiger partial charge in [-0.2, -0.15) is 25.8 Å². The topological polar surface area (TPSA) is 103 Å². The number of rotatable bonds is 9. The molecule has 1 unspecified atom stereocenters. The Morgan fingerprint density at radius 2 is 1.94 bits per heavy atom. The summed E-state index contributed by atoms with van der Waals surface area (Å²) in [5.41, 5.74) is 3.30. The van der Waals surface area contributed by atoms with Gasteiger partial charge in [-0.15, -0.1) is 0 Å². The number of nitrogens with zero attached hydrogens (tertiary/aromatic N) is 1. The molecule has 0 aliphatic heterocycles. The highest BCUT2D eigenvalue weighted by Gasteiger charge is 2.34. The van der Waals surface area contributed by atoms with Gasteiger partial charge in [0.2, 0.25) is 6.41 Å². The number of anilines is 1. The van der Waals surface area contributed by atoms with E-state index in [-0.39, 0.29) is 27.1 Å². The number of alkyl halides is 3. The summed E-state index contributed by atoms with van der Waals surface area (Å²) in [5.74, 6) is -0.559. The normalized spacial score (nSPS) is 11.3. The first-order valence-corrected chi connectivity index (χ1v) is 11.2. The molecule has 0 saturated heterocycles. The molecule has 0 aliphatic carbocycles. The number of aldehydes is 1. The highest BCUT2D eigenvalue weighted by molar-refractivity contribution is 7.80. The van der Waals surface area contributed by atoms with Crippen LogP contribution in [0.3, 0.4) is 0 Å². The molecule has 2 aromatic rings. The van der Waals surface area contributed by atoms with Crippen molar-refractivity contribution in [2.45, 2.75) is 32.9 Å². The molecule has 2 amide bonds. The minimum Gasteiger partial charge on any atom is -0.381 e. The molecule has 200 valence electrons. The van der Waals surface area contributed by atoms with Crippen LogP contribution in [0.5, 0.6) is 0 Å². The number of aryl methyl sites for hydroxylation is 1. The zero-order valence-electron chi connectivity index (χ0n) is 19.8. The van der Waals surface area contributed by atoms with Crippen LogP contribution in [-0.4, -0.2) is 42.1 Å². The lowest BCUT2D eigenvalue weighted by Gasteiger charge is -2.11. The number of halogens is 4. The number of nitrogens with two attached hydrogens (primary N) is 1. The molecule has 35 heavy (non-hydrogen) atoms. The van der Waals surface area contributed by atoms with E-state index in [1.807, 2.05) is 0 Å². The minimum absolute atomic E-state index is 0. The number of primary amides is 1. The second-order valence-electron chi connectivity index (χ2n) is 7.36. The summed E-state index contributed by atoms with van der Waals surface area (Å²) in [4.78, 5) is 31.2. The van der Waals surface area contributed by atoms with Crippen LogP contribution in [0.15, 0.2) is 30.5 Å². The van der Waals surface area contributed by atoms with Crippen molar-refractivity contribution < 1.29 is 39.5 Å². The minimum atomic E-state index is -4.85. The summed E-state index contributed by atoms with van der Waals surface area (Å²) in [7, 11) is 1.56. The maximum Gasteiger partial charge on any atom is 0.419 e. The van der Waals surface area contributed by atoms with E-state index >= 15 is 0 Å². The third-order valence-electron chi connectivity index (χ3n) is 4.21. The lowest BCUT2D eigenvalue weighted by atomic mass is 10.1. The largest absolute Gasteiger partial charge is 0.419 e. The molecule has 3 N–H and O–H groups in total. The van der Waals surface area contributed by atoms with Gasteiger partial charge >= 0.3 is 6.18 Å². The Labute approximate surface area is 210 Å². The van der Waals surface area contributed by atoms with Gasteiger partial charge in [0.1, 0.15) is 17.8 Å². The van der Waals surface area contributed by atoms with Crippen molar-refractivity contribution in [3.8, 4) is 0 Å². The third kappa shape index (κ3) is 12.4. The molecule has 0 radical (unpaired) electrons. The van der Waals surface area contributed by atoms with Gasteiger partial charge in [-0.3, -0.25) is 9.59 Å². The highest BCUT2D eigenvalue weighted by Crippen LogP contribution is 2.33. The number of hydrogen-bond acceptors (Lipinski definition) is 5. The first kappa shape index (κ1) is 32.1. The fourth-order valence-corrected chi connectivity index (χ4v) is 2.67. The predicted molar refractivity (Wildman–Crippen MR) is 133 cm³/mol. The molecule has 0 fully saturated rings. The Bertz CT molecular complexity index is 947. The number of aromatic nitrogens is 1. The molecule has 2 rings (SSSR count). The molecule has 0 bridgehead atoms. The van der Waals surface area contributed by atoms with Crippen LogP contribution in [0.2, 0.25) is 0 Å². The maximum atomic E-state index is 13.2. The van der Waals surface area contributed by atoms with Crippen molar-refractivity contribution in [3.63, 3.8) is 0 Å². The van der Waals surface area contributed by atoms with Crippen LogP contribution in [0, 0.1) is 11.7 Å². The monoisotopic (exact) mass is 525 g/mol. The average Bonchev–Trinajstić information content (AvgIpc) is 3.16. The summed E-state index contributed by atoms with van der Waals surface area (Å²) < 4.78 is 57.9. The van der Waals surface area contributed by atoms with Crippen molar-refractivity contribution in [1.29, 1.82) is 0 Å². The van der Waals surface area contributed by atoms with Crippen LogP contribution in [-0.2, 0) is 34.0 Å². The van der Waals surface area contributed by atoms with Gasteiger partial charge in [0.15, 0.2) is 0 Å². The van der Waals surface area contributed by atoms with Gasteiger partial charge in [-0.05, 0) is 47.9 Å². The lowest BCUT2D eigenvalue weighted by molar-refractivity contribution is -0.140. The van der Waals surface area contributed by atoms with Crippen molar-refractivity contribution in [3.05, 3.63) is 53.1 Å². The van der Waals surface area contributed by atoms with E-state index in [0.717, 1.165) is 31.5 Å². The van der Waals surface area contributed by atoms with E-state index < -0.39 is 23.5 Å². The molecule has 0 aliphatic rings. The molecule has 1 aromatic carbocycles. The van der Waals surface area contributed by atoms with Gasteiger partial charge < -0.3 is 25.1 Å². The SMILES string of the molecule is CCCOCC(C)CS.Cn1cc(CC=O)cc1C(=O)Nc1ccc(F)c(C(F)(F)F)c1.NC=O.[HH].[HH]. The van der Waals surface area contributed by atoms with E-state index in [1.54, 1.807) is 13.2 Å². The fraction of sp³-hybridized carbons (Fsp3) is 0.435. The standard InChI is InChI=1S/C15H12F4N2O2.C7H16OS.CH3NO.2H2/c1-21-8-9(4-5-22)6-13(21)14(23)20-10-2-3-12(16)11(7-10)15(17,18)19;1-3-4-8-5-7(2)6-9;2-1-3;;/h2-3,5-8H,4H2,1H3,(H,20,23);7,9H,3-6H2,1-2H3;1H,(H2,2,3);2*1H. The van der Waals surface area contributed by atoms with Crippen molar-refractivity contribution in [1.82, 2.24) is 4.57 Å².